The predicted molar refractivity (Wildman–Crippen MR) is 102 cm³/mol. The number of nitrogens with zero attached hydrogens (tertiary/aromatic N) is 1. The molecule has 1 N–H and O–H groups in total. The number of hydrogen-bond donors (Lipinski definition) is 1. The molecule has 0 unspecified atom stereocenters. The standard InChI is InChI=1S/C17H19ClN2O5S/c1-20(26(4,22)23)15-9-11(5-7-13(15)18)17(21)19-14-10-12(24-2)6-8-16(14)25-3/h5-10H,1-4H3,(H,19,21). The van der Waals surface area contributed by atoms with Crippen molar-refractivity contribution >= 4 is 38.9 Å². The Bertz CT molecular complexity index is 931. The molecule has 0 aliphatic heterocycles. The molecular weight excluding hydrogens is 380 g/mol. The quantitative estimate of drug-likeness (QED) is 0.808. The van der Waals surface area contributed by atoms with Gasteiger partial charge in [0.15, 0.2) is 0 Å². The molecule has 0 heterocycles. The summed E-state index contributed by atoms with van der Waals surface area (Å²) in [5.41, 5.74) is 0.869. The Kier molecular flexibility index (Phi) is 5.99. The Morgan fingerprint density at radius 2 is 1.81 bits per heavy atom. The van der Waals surface area contributed by atoms with Crippen LogP contribution < -0.4 is 19.1 Å². The molecule has 9 heteroatoms. The van der Waals surface area contributed by atoms with Crippen LogP contribution in [0.1, 0.15) is 10.4 Å². The average Bonchev–Trinajstić information content (AvgIpc) is 2.60. The number of hydrogen-bond acceptors (Lipinski definition) is 5. The van der Waals surface area contributed by atoms with Gasteiger partial charge in [-0.1, -0.05) is 11.6 Å². The third-order valence-electron chi connectivity index (χ3n) is 3.70. The van der Waals surface area contributed by atoms with Crippen LogP contribution in [0.25, 0.3) is 0 Å². The first-order valence-electron chi connectivity index (χ1n) is 7.44. The van der Waals surface area contributed by atoms with Crippen LogP contribution in [0.2, 0.25) is 5.02 Å². The Morgan fingerprint density at radius 3 is 2.38 bits per heavy atom. The smallest absolute Gasteiger partial charge is 0.255 e. The zero-order valence-corrected chi connectivity index (χ0v) is 16.3. The van der Waals surface area contributed by atoms with Gasteiger partial charge in [0.1, 0.15) is 11.5 Å². The summed E-state index contributed by atoms with van der Waals surface area (Å²) in [5, 5.41) is 2.94. The molecule has 0 saturated heterocycles. The minimum Gasteiger partial charge on any atom is -0.497 e. The second kappa shape index (κ2) is 7.84. The molecule has 2 rings (SSSR count). The van der Waals surface area contributed by atoms with Crippen molar-refractivity contribution in [3.05, 3.63) is 47.0 Å². The molecule has 1 amide bonds. The van der Waals surface area contributed by atoms with E-state index in [-0.39, 0.29) is 16.3 Å². The van der Waals surface area contributed by atoms with E-state index in [0.717, 1.165) is 10.6 Å². The number of carbonyl (C=O) groups excluding carboxylic acids is 1. The van der Waals surface area contributed by atoms with E-state index >= 15 is 0 Å². The highest BCUT2D eigenvalue weighted by atomic mass is 35.5. The summed E-state index contributed by atoms with van der Waals surface area (Å²) < 4.78 is 34.9. The molecule has 7 nitrogen and oxygen atoms in total. The van der Waals surface area contributed by atoms with Gasteiger partial charge in [-0.05, 0) is 30.3 Å². The lowest BCUT2D eigenvalue weighted by atomic mass is 10.1. The van der Waals surface area contributed by atoms with Crippen LogP contribution in [0.15, 0.2) is 36.4 Å². The highest BCUT2D eigenvalue weighted by Gasteiger charge is 2.18. The number of anilines is 2. The van der Waals surface area contributed by atoms with Crippen molar-refractivity contribution in [2.75, 3.05) is 37.1 Å². The fraction of sp³-hybridized carbons (Fsp3) is 0.235. The van der Waals surface area contributed by atoms with Crippen LogP contribution in [-0.2, 0) is 10.0 Å². The second-order valence-electron chi connectivity index (χ2n) is 5.42. The first-order chi connectivity index (χ1) is 12.2. The number of amides is 1. The van der Waals surface area contributed by atoms with Crippen LogP contribution in [-0.4, -0.2) is 41.8 Å². The van der Waals surface area contributed by atoms with Gasteiger partial charge in [0.25, 0.3) is 5.91 Å². The van der Waals surface area contributed by atoms with Gasteiger partial charge in [-0.3, -0.25) is 9.10 Å². The highest BCUT2D eigenvalue weighted by molar-refractivity contribution is 7.92. The second-order valence-corrected chi connectivity index (χ2v) is 7.84. The summed E-state index contributed by atoms with van der Waals surface area (Å²) in [5.74, 6) is 0.563. The zero-order chi connectivity index (χ0) is 19.5. The molecule has 0 aliphatic carbocycles. The fourth-order valence-electron chi connectivity index (χ4n) is 2.18. The van der Waals surface area contributed by atoms with Crippen LogP contribution in [0.4, 0.5) is 11.4 Å². The summed E-state index contributed by atoms with van der Waals surface area (Å²) >= 11 is 6.07. The van der Waals surface area contributed by atoms with E-state index in [2.05, 4.69) is 5.32 Å². The van der Waals surface area contributed by atoms with E-state index in [9.17, 15) is 13.2 Å². The van der Waals surface area contributed by atoms with Crippen LogP contribution in [0.3, 0.4) is 0 Å². The predicted octanol–water partition coefficient (Wildman–Crippen LogP) is 3.01. The monoisotopic (exact) mass is 398 g/mol. The largest absolute Gasteiger partial charge is 0.497 e. The maximum Gasteiger partial charge on any atom is 0.255 e. The van der Waals surface area contributed by atoms with Crippen molar-refractivity contribution in [3.8, 4) is 11.5 Å². The van der Waals surface area contributed by atoms with Gasteiger partial charge in [0, 0.05) is 18.7 Å². The Balaban J connectivity index is 2.37. The lowest BCUT2D eigenvalue weighted by Crippen LogP contribution is -2.25. The van der Waals surface area contributed by atoms with E-state index in [4.69, 9.17) is 21.1 Å². The number of sulfonamides is 1. The lowest BCUT2D eigenvalue weighted by molar-refractivity contribution is 0.102. The van der Waals surface area contributed by atoms with Crippen molar-refractivity contribution in [1.82, 2.24) is 0 Å². The first kappa shape index (κ1) is 19.9. The number of halogens is 1. The van der Waals surface area contributed by atoms with Gasteiger partial charge in [-0.15, -0.1) is 0 Å². The van der Waals surface area contributed by atoms with Gasteiger partial charge >= 0.3 is 0 Å². The van der Waals surface area contributed by atoms with Gasteiger partial charge in [0.2, 0.25) is 10.0 Å². The summed E-state index contributed by atoms with van der Waals surface area (Å²) in [6.45, 7) is 0. The van der Waals surface area contributed by atoms with E-state index in [1.54, 1.807) is 18.2 Å². The lowest BCUT2D eigenvalue weighted by Gasteiger charge is -2.19. The van der Waals surface area contributed by atoms with Crippen LogP contribution >= 0.6 is 11.6 Å². The minimum atomic E-state index is -3.52. The van der Waals surface area contributed by atoms with Gasteiger partial charge in [-0.2, -0.15) is 0 Å². The van der Waals surface area contributed by atoms with Crippen LogP contribution in [0.5, 0.6) is 11.5 Å². The number of carbonyl (C=O) groups is 1. The average molecular weight is 399 g/mol. The maximum atomic E-state index is 12.6. The van der Waals surface area contributed by atoms with Crippen molar-refractivity contribution in [1.29, 1.82) is 0 Å². The van der Waals surface area contributed by atoms with E-state index in [1.807, 2.05) is 0 Å². The molecule has 0 bridgehead atoms. The topological polar surface area (TPSA) is 84.9 Å². The first-order valence-corrected chi connectivity index (χ1v) is 9.67. The fourth-order valence-corrected chi connectivity index (χ4v) is 2.98. The molecule has 0 atom stereocenters. The summed E-state index contributed by atoms with van der Waals surface area (Å²) in [6.07, 6.45) is 1.05. The molecule has 2 aromatic carbocycles. The number of methoxy groups -OCH3 is 2. The molecular formula is C17H19ClN2O5S. The molecule has 0 aliphatic rings. The molecule has 0 radical (unpaired) electrons. The molecule has 0 fully saturated rings. The van der Waals surface area contributed by atoms with Crippen molar-refractivity contribution in [3.63, 3.8) is 0 Å². The molecule has 26 heavy (non-hydrogen) atoms. The maximum absolute atomic E-state index is 12.6. The summed E-state index contributed by atoms with van der Waals surface area (Å²) in [4.78, 5) is 12.6. The van der Waals surface area contributed by atoms with E-state index in [0.29, 0.717) is 17.2 Å². The van der Waals surface area contributed by atoms with Crippen LogP contribution in [0, 0.1) is 0 Å². The molecule has 0 spiro atoms. The van der Waals surface area contributed by atoms with Gasteiger partial charge < -0.3 is 14.8 Å². The third kappa shape index (κ3) is 4.39. The van der Waals surface area contributed by atoms with Gasteiger partial charge in [-0.25, -0.2) is 8.42 Å². The van der Waals surface area contributed by atoms with Crippen molar-refractivity contribution in [2.24, 2.45) is 0 Å². The zero-order valence-electron chi connectivity index (χ0n) is 14.7. The van der Waals surface area contributed by atoms with Crippen molar-refractivity contribution < 1.29 is 22.7 Å². The number of nitrogens with one attached hydrogen (secondary N) is 1. The van der Waals surface area contributed by atoms with Gasteiger partial charge in [0.05, 0.1) is 36.9 Å². The molecule has 140 valence electrons. The Hall–Kier alpha value is -2.45. The number of benzene rings is 2. The minimum absolute atomic E-state index is 0.208. The number of rotatable bonds is 6. The van der Waals surface area contributed by atoms with Crippen molar-refractivity contribution in [2.45, 2.75) is 0 Å². The Labute approximate surface area is 157 Å². The number of ether oxygens (including phenoxy) is 2. The molecule has 2 aromatic rings. The Morgan fingerprint density at radius 1 is 1.12 bits per heavy atom. The summed E-state index contributed by atoms with van der Waals surface area (Å²) in [7, 11) is 0.844. The molecule has 0 aromatic heterocycles. The SMILES string of the molecule is COc1ccc(OC)c(NC(=O)c2ccc(Cl)c(N(C)S(C)(=O)=O)c2)c1. The molecule has 0 saturated carbocycles. The highest BCUT2D eigenvalue weighted by Crippen LogP contribution is 2.31. The van der Waals surface area contributed by atoms with E-state index < -0.39 is 15.9 Å². The summed E-state index contributed by atoms with van der Waals surface area (Å²) in [6, 6.07) is 9.37. The normalized spacial score (nSPS) is 11.0. The van der Waals surface area contributed by atoms with E-state index in [1.165, 1.54) is 39.5 Å². The third-order valence-corrected chi connectivity index (χ3v) is 5.21.